The number of nitrogen functional groups attached to an aromatic ring is 1. The summed E-state index contributed by atoms with van der Waals surface area (Å²) in [5.41, 5.74) is 7.22. The van der Waals surface area contributed by atoms with Crippen LogP contribution in [0.5, 0.6) is 0 Å². The largest absolute Gasteiger partial charge is 0.384 e. The van der Waals surface area contributed by atoms with Crippen LogP contribution in [0.2, 0.25) is 0 Å². The Morgan fingerprint density at radius 1 is 1.44 bits per heavy atom. The molecule has 5 heteroatoms. The number of nitrogens with two attached hydrogens (primary N) is 1. The number of imidazole rings is 1. The topological polar surface area (TPSA) is 91.4 Å². The van der Waals surface area contributed by atoms with Crippen molar-refractivity contribution in [1.82, 2.24) is 15.0 Å². The highest BCUT2D eigenvalue weighted by atomic mass is 14.9. The molecule has 5 nitrogen and oxygen atoms in total. The molecule has 0 spiro atoms. The van der Waals surface area contributed by atoms with Gasteiger partial charge in [-0.05, 0) is 18.1 Å². The number of H-pyrrole nitrogens is 1. The number of aromatic amines is 1. The number of pyridine rings is 1. The van der Waals surface area contributed by atoms with Crippen LogP contribution in [0.1, 0.15) is 17.2 Å². The first-order valence-corrected chi connectivity index (χ1v) is 4.88. The maximum atomic E-state index is 9.06. The van der Waals surface area contributed by atoms with Gasteiger partial charge in [0.1, 0.15) is 5.82 Å². The second-order valence-electron chi connectivity index (χ2n) is 3.47. The fraction of sp³-hybridized carbons (Fsp3) is 0.182. The lowest BCUT2D eigenvalue weighted by Gasteiger charge is -2.05. The molecule has 0 fully saturated rings. The van der Waals surface area contributed by atoms with Crippen LogP contribution in [0.15, 0.2) is 30.9 Å². The van der Waals surface area contributed by atoms with Gasteiger partial charge in [0.25, 0.3) is 0 Å². The van der Waals surface area contributed by atoms with Gasteiger partial charge in [0.05, 0.1) is 24.0 Å². The Hall–Kier alpha value is -2.35. The van der Waals surface area contributed by atoms with Crippen molar-refractivity contribution in [2.75, 3.05) is 5.73 Å². The van der Waals surface area contributed by atoms with Crippen molar-refractivity contribution in [2.45, 2.75) is 12.3 Å². The van der Waals surface area contributed by atoms with Gasteiger partial charge in [-0.1, -0.05) is 6.07 Å². The van der Waals surface area contributed by atoms with Crippen molar-refractivity contribution >= 4 is 5.82 Å². The van der Waals surface area contributed by atoms with E-state index in [1.54, 1.807) is 24.8 Å². The third kappa shape index (κ3) is 2.17. The molecule has 1 unspecified atom stereocenters. The van der Waals surface area contributed by atoms with Crippen LogP contribution < -0.4 is 5.73 Å². The maximum Gasteiger partial charge on any atom is 0.123 e. The Morgan fingerprint density at radius 3 is 2.88 bits per heavy atom. The van der Waals surface area contributed by atoms with E-state index in [0.29, 0.717) is 12.2 Å². The minimum absolute atomic E-state index is 0.253. The molecule has 0 aliphatic rings. The van der Waals surface area contributed by atoms with Crippen molar-refractivity contribution in [3.8, 4) is 6.07 Å². The van der Waals surface area contributed by atoms with Gasteiger partial charge in [0, 0.05) is 12.4 Å². The molecule has 0 saturated carbocycles. The number of aromatic nitrogens is 3. The SMILES string of the molecule is N#CC(Cc1ccc(N)nc1)c1c[nH]cn1. The quantitative estimate of drug-likeness (QED) is 0.802. The molecule has 2 aromatic heterocycles. The van der Waals surface area contributed by atoms with E-state index < -0.39 is 0 Å². The van der Waals surface area contributed by atoms with E-state index in [-0.39, 0.29) is 5.92 Å². The number of rotatable bonds is 3. The van der Waals surface area contributed by atoms with Crippen LogP contribution in [0.25, 0.3) is 0 Å². The summed E-state index contributed by atoms with van der Waals surface area (Å²) in [6, 6.07) is 5.83. The highest BCUT2D eigenvalue weighted by Gasteiger charge is 2.13. The molecule has 0 radical (unpaired) electrons. The number of nitrogens with one attached hydrogen (secondary N) is 1. The van der Waals surface area contributed by atoms with Crippen molar-refractivity contribution in [3.05, 3.63) is 42.1 Å². The minimum atomic E-state index is -0.253. The molecule has 0 saturated heterocycles. The smallest absolute Gasteiger partial charge is 0.123 e. The first-order valence-electron chi connectivity index (χ1n) is 4.88. The Morgan fingerprint density at radius 2 is 2.31 bits per heavy atom. The average Bonchev–Trinajstić information content (AvgIpc) is 2.82. The highest BCUT2D eigenvalue weighted by Crippen LogP contribution is 2.17. The summed E-state index contributed by atoms with van der Waals surface area (Å²) >= 11 is 0. The summed E-state index contributed by atoms with van der Waals surface area (Å²) in [7, 11) is 0. The van der Waals surface area contributed by atoms with Crippen LogP contribution in [0.3, 0.4) is 0 Å². The van der Waals surface area contributed by atoms with E-state index in [0.717, 1.165) is 11.3 Å². The lowest BCUT2D eigenvalue weighted by atomic mass is 9.99. The summed E-state index contributed by atoms with van der Waals surface area (Å²) in [6.45, 7) is 0. The Balaban J connectivity index is 2.14. The zero-order valence-corrected chi connectivity index (χ0v) is 8.59. The number of hydrogen-bond donors (Lipinski definition) is 2. The summed E-state index contributed by atoms with van der Waals surface area (Å²) < 4.78 is 0. The molecule has 16 heavy (non-hydrogen) atoms. The van der Waals surface area contributed by atoms with Gasteiger partial charge in [0.2, 0.25) is 0 Å². The van der Waals surface area contributed by atoms with Gasteiger partial charge in [-0.3, -0.25) is 0 Å². The Kier molecular flexibility index (Phi) is 2.83. The Bertz CT molecular complexity index is 480. The second-order valence-corrected chi connectivity index (χ2v) is 3.47. The third-order valence-corrected chi connectivity index (χ3v) is 2.32. The normalized spacial score (nSPS) is 11.9. The first-order chi connectivity index (χ1) is 7.79. The van der Waals surface area contributed by atoms with Crippen molar-refractivity contribution in [1.29, 1.82) is 5.26 Å². The molecule has 1 atom stereocenters. The monoisotopic (exact) mass is 213 g/mol. The number of nitrogens with zero attached hydrogens (tertiary/aromatic N) is 3. The molecule has 2 heterocycles. The predicted molar refractivity (Wildman–Crippen MR) is 59.3 cm³/mol. The molecule has 0 aromatic carbocycles. The van der Waals surface area contributed by atoms with Crippen LogP contribution in [0, 0.1) is 11.3 Å². The van der Waals surface area contributed by atoms with Crippen molar-refractivity contribution < 1.29 is 0 Å². The summed E-state index contributed by atoms with van der Waals surface area (Å²) in [5.74, 6) is 0.230. The number of nitriles is 1. The third-order valence-electron chi connectivity index (χ3n) is 2.32. The van der Waals surface area contributed by atoms with Crippen LogP contribution >= 0.6 is 0 Å². The van der Waals surface area contributed by atoms with E-state index in [4.69, 9.17) is 11.0 Å². The van der Waals surface area contributed by atoms with Crippen molar-refractivity contribution in [2.24, 2.45) is 0 Å². The van der Waals surface area contributed by atoms with Gasteiger partial charge >= 0.3 is 0 Å². The predicted octanol–water partition coefficient (Wildman–Crippen LogP) is 1.24. The van der Waals surface area contributed by atoms with Gasteiger partial charge < -0.3 is 10.7 Å². The fourth-order valence-electron chi connectivity index (χ4n) is 1.47. The van der Waals surface area contributed by atoms with E-state index in [9.17, 15) is 0 Å². The molecule has 3 N–H and O–H groups in total. The molecule has 0 aliphatic heterocycles. The number of anilines is 1. The van der Waals surface area contributed by atoms with Crippen molar-refractivity contribution in [3.63, 3.8) is 0 Å². The highest BCUT2D eigenvalue weighted by molar-refractivity contribution is 5.30. The summed E-state index contributed by atoms with van der Waals surface area (Å²) in [6.07, 6.45) is 5.58. The molecule has 80 valence electrons. The zero-order chi connectivity index (χ0) is 11.4. The second kappa shape index (κ2) is 4.45. The van der Waals surface area contributed by atoms with Gasteiger partial charge in [-0.2, -0.15) is 5.26 Å². The minimum Gasteiger partial charge on any atom is -0.384 e. The van der Waals surface area contributed by atoms with E-state index >= 15 is 0 Å². The first kappa shape index (κ1) is 10.2. The molecule has 2 rings (SSSR count). The molecule has 0 bridgehead atoms. The Labute approximate surface area is 93.0 Å². The van der Waals surface area contributed by atoms with E-state index in [1.165, 1.54) is 0 Å². The fourth-order valence-corrected chi connectivity index (χ4v) is 1.47. The number of hydrogen-bond acceptors (Lipinski definition) is 4. The maximum absolute atomic E-state index is 9.06. The molecular weight excluding hydrogens is 202 g/mol. The summed E-state index contributed by atoms with van der Waals surface area (Å²) in [5, 5.41) is 9.06. The van der Waals surface area contributed by atoms with E-state index in [2.05, 4.69) is 21.0 Å². The molecule has 2 aromatic rings. The lowest BCUT2D eigenvalue weighted by Crippen LogP contribution is -2.01. The molecular formula is C11H11N5. The lowest BCUT2D eigenvalue weighted by molar-refractivity contribution is 0.818. The molecule has 0 amide bonds. The van der Waals surface area contributed by atoms with Crippen LogP contribution in [-0.4, -0.2) is 15.0 Å². The van der Waals surface area contributed by atoms with Gasteiger partial charge in [0.15, 0.2) is 0 Å². The summed E-state index contributed by atoms with van der Waals surface area (Å²) in [4.78, 5) is 10.9. The standard InChI is InChI=1S/C11H11N5/c12-4-9(10-6-14-7-16-10)3-8-1-2-11(13)15-5-8/h1-2,5-7,9H,3H2,(H2,13,15)(H,14,16). The van der Waals surface area contributed by atoms with Gasteiger partial charge in [-0.15, -0.1) is 0 Å². The van der Waals surface area contributed by atoms with Crippen LogP contribution in [-0.2, 0) is 6.42 Å². The molecule has 0 aliphatic carbocycles. The average molecular weight is 213 g/mol. The van der Waals surface area contributed by atoms with E-state index in [1.807, 2.05) is 6.07 Å². The van der Waals surface area contributed by atoms with Gasteiger partial charge in [-0.25, -0.2) is 9.97 Å². The van der Waals surface area contributed by atoms with Crippen LogP contribution in [0.4, 0.5) is 5.82 Å². The zero-order valence-electron chi connectivity index (χ0n) is 8.59.